The third-order valence-corrected chi connectivity index (χ3v) is 4.08. The lowest BCUT2D eigenvalue weighted by atomic mass is 9.97. The first-order valence-corrected chi connectivity index (χ1v) is 7.61. The lowest BCUT2D eigenvalue weighted by Gasteiger charge is -2.26. The van der Waals surface area contributed by atoms with Crippen LogP contribution in [0.25, 0.3) is 0 Å². The summed E-state index contributed by atoms with van der Waals surface area (Å²) in [6.45, 7) is 9.33. The molecule has 20 heavy (non-hydrogen) atoms. The summed E-state index contributed by atoms with van der Waals surface area (Å²) < 4.78 is 0. The molecule has 0 saturated heterocycles. The minimum Gasteiger partial charge on any atom is -0.385 e. The van der Waals surface area contributed by atoms with Gasteiger partial charge in [0.05, 0.1) is 0 Å². The Kier molecular flexibility index (Phi) is 4.36. The second-order valence-electron chi connectivity index (χ2n) is 6.41. The van der Waals surface area contributed by atoms with Gasteiger partial charge in [0.1, 0.15) is 0 Å². The van der Waals surface area contributed by atoms with Crippen molar-refractivity contribution in [2.24, 2.45) is 5.92 Å². The Morgan fingerprint density at radius 1 is 1.35 bits per heavy atom. The lowest BCUT2D eigenvalue weighted by Crippen LogP contribution is -2.45. The normalized spacial score (nSPS) is 15.0. The van der Waals surface area contributed by atoms with Gasteiger partial charge in [0.2, 0.25) is 0 Å². The Labute approximate surface area is 122 Å². The van der Waals surface area contributed by atoms with E-state index in [0.717, 1.165) is 29.8 Å². The first-order valence-electron chi connectivity index (χ1n) is 7.61. The van der Waals surface area contributed by atoms with Crippen molar-refractivity contribution in [1.29, 1.82) is 0 Å². The molecule has 110 valence electrons. The number of aryl methyl sites for hydroxylation is 1. The van der Waals surface area contributed by atoms with Crippen LogP contribution in [-0.4, -0.2) is 18.0 Å². The van der Waals surface area contributed by atoms with E-state index in [9.17, 15) is 4.79 Å². The van der Waals surface area contributed by atoms with E-state index < -0.39 is 0 Å². The topological polar surface area (TPSA) is 41.1 Å². The Hall–Kier alpha value is -1.51. The Balaban J connectivity index is 2.06. The zero-order valence-corrected chi connectivity index (χ0v) is 13.0. The molecule has 1 aromatic rings. The van der Waals surface area contributed by atoms with Gasteiger partial charge < -0.3 is 10.6 Å². The number of nitrogens with one attached hydrogen (secondary N) is 2. The molecule has 0 bridgehead atoms. The number of carbonyl (C=O) groups is 1. The number of hydrogen-bond acceptors (Lipinski definition) is 2. The molecular weight excluding hydrogens is 248 g/mol. The van der Waals surface area contributed by atoms with Crippen LogP contribution in [0.5, 0.6) is 0 Å². The maximum absolute atomic E-state index is 12.4. The van der Waals surface area contributed by atoms with Crippen LogP contribution in [0.1, 0.15) is 56.0 Å². The van der Waals surface area contributed by atoms with Crippen molar-refractivity contribution in [2.75, 3.05) is 11.9 Å². The predicted octanol–water partition coefficient (Wildman–Crippen LogP) is 3.74. The van der Waals surface area contributed by atoms with Gasteiger partial charge in [-0.1, -0.05) is 6.92 Å². The van der Waals surface area contributed by atoms with Crippen LogP contribution in [0, 0.1) is 12.8 Å². The number of hydrogen-bond donors (Lipinski definition) is 2. The van der Waals surface area contributed by atoms with E-state index in [1.54, 1.807) is 0 Å². The van der Waals surface area contributed by atoms with E-state index in [4.69, 9.17) is 0 Å². The molecule has 3 heteroatoms. The summed E-state index contributed by atoms with van der Waals surface area (Å²) in [7, 11) is 0. The van der Waals surface area contributed by atoms with Gasteiger partial charge in [-0.2, -0.15) is 0 Å². The van der Waals surface area contributed by atoms with Crippen molar-refractivity contribution in [3.63, 3.8) is 0 Å². The second-order valence-corrected chi connectivity index (χ2v) is 6.41. The van der Waals surface area contributed by atoms with Crippen molar-refractivity contribution in [3.05, 3.63) is 29.3 Å². The van der Waals surface area contributed by atoms with Gasteiger partial charge in [-0.25, -0.2) is 0 Å². The van der Waals surface area contributed by atoms with Gasteiger partial charge >= 0.3 is 0 Å². The molecule has 2 rings (SSSR count). The van der Waals surface area contributed by atoms with Crippen molar-refractivity contribution >= 4 is 11.6 Å². The molecule has 0 radical (unpaired) electrons. The highest BCUT2D eigenvalue weighted by Gasteiger charge is 2.38. The third-order valence-electron chi connectivity index (χ3n) is 4.08. The van der Waals surface area contributed by atoms with E-state index >= 15 is 0 Å². The third kappa shape index (κ3) is 3.53. The Bertz CT molecular complexity index is 490. The quantitative estimate of drug-likeness (QED) is 0.829. The summed E-state index contributed by atoms with van der Waals surface area (Å²) in [4.78, 5) is 12.4. The summed E-state index contributed by atoms with van der Waals surface area (Å²) in [5, 5.41) is 6.52. The van der Waals surface area contributed by atoms with Gasteiger partial charge in [0, 0.05) is 23.3 Å². The van der Waals surface area contributed by atoms with Crippen LogP contribution in [0.4, 0.5) is 5.69 Å². The molecule has 2 N–H and O–H groups in total. The van der Waals surface area contributed by atoms with E-state index in [-0.39, 0.29) is 11.4 Å². The van der Waals surface area contributed by atoms with Crippen molar-refractivity contribution < 1.29 is 4.79 Å². The minimum atomic E-state index is -0.0946. The van der Waals surface area contributed by atoms with E-state index in [1.165, 1.54) is 12.8 Å². The highest BCUT2D eigenvalue weighted by Crippen LogP contribution is 2.39. The van der Waals surface area contributed by atoms with E-state index in [0.29, 0.717) is 5.92 Å². The van der Waals surface area contributed by atoms with E-state index in [1.807, 2.05) is 19.1 Å². The summed E-state index contributed by atoms with van der Waals surface area (Å²) in [6, 6.07) is 5.96. The molecule has 1 amide bonds. The number of rotatable bonds is 6. The maximum atomic E-state index is 12.4. The Morgan fingerprint density at radius 2 is 2.05 bits per heavy atom. The van der Waals surface area contributed by atoms with Crippen LogP contribution < -0.4 is 10.6 Å². The zero-order chi connectivity index (χ0) is 14.8. The van der Waals surface area contributed by atoms with Gasteiger partial charge in [-0.05, 0) is 69.7 Å². The molecule has 0 heterocycles. The predicted molar refractivity (Wildman–Crippen MR) is 84.2 cm³/mol. The molecule has 0 aromatic heterocycles. The fraction of sp³-hybridized carbons (Fsp3) is 0.588. The zero-order valence-electron chi connectivity index (χ0n) is 13.0. The molecule has 0 aliphatic heterocycles. The standard InChI is InChI=1S/C17H26N2O/c1-5-10-18-14-8-9-15(12(2)11-14)16(20)19-17(3,4)13-6-7-13/h8-9,11,13,18H,5-7,10H2,1-4H3,(H,19,20). The van der Waals surface area contributed by atoms with Crippen molar-refractivity contribution in [2.45, 2.75) is 52.5 Å². The van der Waals surface area contributed by atoms with Gasteiger partial charge in [-0.15, -0.1) is 0 Å². The average Bonchev–Trinajstić information content (AvgIpc) is 3.20. The van der Waals surface area contributed by atoms with Crippen LogP contribution in [-0.2, 0) is 0 Å². The smallest absolute Gasteiger partial charge is 0.251 e. The van der Waals surface area contributed by atoms with Crippen molar-refractivity contribution in [3.8, 4) is 0 Å². The molecular formula is C17H26N2O. The number of amides is 1. The highest BCUT2D eigenvalue weighted by atomic mass is 16.1. The van der Waals surface area contributed by atoms with Crippen LogP contribution >= 0.6 is 0 Å². The molecule has 1 aliphatic carbocycles. The summed E-state index contributed by atoms with van der Waals surface area (Å²) in [6.07, 6.45) is 3.55. The first-order chi connectivity index (χ1) is 9.44. The largest absolute Gasteiger partial charge is 0.385 e. The maximum Gasteiger partial charge on any atom is 0.251 e. The van der Waals surface area contributed by atoms with Crippen LogP contribution in [0.2, 0.25) is 0 Å². The molecule has 1 saturated carbocycles. The van der Waals surface area contributed by atoms with E-state index in [2.05, 4.69) is 37.5 Å². The molecule has 1 aromatic carbocycles. The Morgan fingerprint density at radius 3 is 2.60 bits per heavy atom. The SMILES string of the molecule is CCCNc1ccc(C(=O)NC(C)(C)C2CC2)c(C)c1. The minimum absolute atomic E-state index is 0.0430. The average molecular weight is 274 g/mol. The van der Waals surface area contributed by atoms with Gasteiger partial charge in [-0.3, -0.25) is 4.79 Å². The van der Waals surface area contributed by atoms with Gasteiger partial charge in [0.15, 0.2) is 0 Å². The van der Waals surface area contributed by atoms with Crippen LogP contribution in [0.3, 0.4) is 0 Å². The molecule has 0 spiro atoms. The fourth-order valence-corrected chi connectivity index (χ4v) is 2.56. The summed E-state index contributed by atoms with van der Waals surface area (Å²) in [5.74, 6) is 0.679. The number of carbonyl (C=O) groups excluding carboxylic acids is 1. The summed E-state index contributed by atoms with van der Waals surface area (Å²) >= 11 is 0. The second kappa shape index (κ2) is 5.86. The molecule has 3 nitrogen and oxygen atoms in total. The monoisotopic (exact) mass is 274 g/mol. The van der Waals surface area contributed by atoms with Crippen LogP contribution in [0.15, 0.2) is 18.2 Å². The molecule has 1 aliphatic rings. The molecule has 1 fully saturated rings. The molecule has 0 atom stereocenters. The molecule has 0 unspecified atom stereocenters. The number of anilines is 1. The summed E-state index contributed by atoms with van der Waals surface area (Å²) in [5.41, 5.74) is 2.79. The lowest BCUT2D eigenvalue weighted by molar-refractivity contribution is 0.0903. The highest BCUT2D eigenvalue weighted by molar-refractivity contribution is 5.96. The van der Waals surface area contributed by atoms with Gasteiger partial charge in [0.25, 0.3) is 5.91 Å². The first kappa shape index (κ1) is 14.9. The fourth-order valence-electron chi connectivity index (χ4n) is 2.56. The number of benzene rings is 1. The van der Waals surface area contributed by atoms with Crippen molar-refractivity contribution in [1.82, 2.24) is 5.32 Å².